The molecular formula is C52H41N3O. The molecule has 4 saturated carbocycles. The standard InChI is InChI=1S/C52H41N3O/c1-51(2)42-21-20-39-36-12-6-8-14-41(36)52(34-23-29-22-30(25-34)26-35(52)24-29)47(39)46(42)40-19-17-32(27-43(40)51)49-53-48(31-10-4-3-5-11-31)54-50(55-49)33-16-18-38-37-13-7-9-15-44(37)56-45(38)28-33/h3-21,27-30,34-35H,22-26H2,1-2H3. The molecule has 4 heteroatoms. The molecule has 56 heavy (non-hydrogen) atoms. The van der Waals surface area contributed by atoms with Crippen molar-refractivity contribution in [2.24, 2.45) is 23.7 Å². The number of para-hydroxylation sites is 1. The summed E-state index contributed by atoms with van der Waals surface area (Å²) in [5.41, 5.74) is 16.5. The third-order valence-electron chi connectivity index (χ3n) is 14.9. The summed E-state index contributed by atoms with van der Waals surface area (Å²) in [4.78, 5) is 15.5. The minimum atomic E-state index is -0.179. The molecule has 8 aromatic rings. The van der Waals surface area contributed by atoms with Crippen LogP contribution in [0, 0.1) is 23.7 Å². The Kier molecular flexibility index (Phi) is 6.11. The third-order valence-corrected chi connectivity index (χ3v) is 14.9. The van der Waals surface area contributed by atoms with Gasteiger partial charge >= 0.3 is 0 Å². The van der Waals surface area contributed by atoms with Gasteiger partial charge in [-0.1, -0.05) is 117 Å². The van der Waals surface area contributed by atoms with Crippen molar-refractivity contribution in [3.05, 3.63) is 150 Å². The summed E-state index contributed by atoms with van der Waals surface area (Å²) in [5.74, 6) is 5.25. The van der Waals surface area contributed by atoms with Gasteiger partial charge in [0.15, 0.2) is 17.5 Å². The van der Waals surface area contributed by atoms with E-state index >= 15 is 0 Å². The van der Waals surface area contributed by atoms with Crippen LogP contribution >= 0.6 is 0 Å². The van der Waals surface area contributed by atoms with E-state index < -0.39 is 0 Å². The van der Waals surface area contributed by atoms with Gasteiger partial charge in [-0.2, -0.15) is 0 Å². The lowest BCUT2D eigenvalue weighted by Crippen LogP contribution is -2.55. The predicted octanol–water partition coefficient (Wildman–Crippen LogP) is 12.8. The lowest BCUT2D eigenvalue weighted by Gasteiger charge is -2.61. The van der Waals surface area contributed by atoms with Gasteiger partial charge in [-0.3, -0.25) is 0 Å². The Morgan fingerprint density at radius 3 is 1.89 bits per heavy atom. The zero-order valence-electron chi connectivity index (χ0n) is 31.7. The fraction of sp³-hybridized carbons (Fsp3) is 0.250. The summed E-state index contributed by atoms with van der Waals surface area (Å²) < 4.78 is 6.30. The van der Waals surface area contributed by atoms with Crippen LogP contribution in [0.25, 0.3) is 78.4 Å². The number of furan rings is 1. The zero-order chi connectivity index (χ0) is 36.9. The summed E-state index contributed by atoms with van der Waals surface area (Å²) in [6.07, 6.45) is 6.99. The summed E-state index contributed by atoms with van der Waals surface area (Å²) in [5, 5.41) is 2.20. The van der Waals surface area contributed by atoms with Gasteiger partial charge in [0.1, 0.15) is 11.2 Å². The van der Waals surface area contributed by atoms with Crippen molar-refractivity contribution in [2.75, 3.05) is 0 Å². The molecular weight excluding hydrogens is 683 g/mol. The van der Waals surface area contributed by atoms with Gasteiger partial charge in [-0.25, -0.2) is 15.0 Å². The van der Waals surface area contributed by atoms with Crippen LogP contribution in [0.5, 0.6) is 0 Å². The van der Waals surface area contributed by atoms with Crippen LogP contribution in [0.15, 0.2) is 132 Å². The number of fused-ring (bicyclic) bond motifs is 10. The molecule has 4 nitrogen and oxygen atoms in total. The van der Waals surface area contributed by atoms with E-state index in [0.29, 0.717) is 17.5 Å². The van der Waals surface area contributed by atoms with Crippen molar-refractivity contribution < 1.29 is 4.42 Å². The van der Waals surface area contributed by atoms with Crippen molar-refractivity contribution in [3.8, 4) is 56.4 Å². The van der Waals surface area contributed by atoms with E-state index in [2.05, 4.69) is 111 Å². The van der Waals surface area contributed by atoms with Crippen LogP contribution in [0.2, 0.25) is 0 Å². The highest BCUT2D eigenvalue weighted by molar-refractivity contribution is 6.05. The van der Waals surface area contributed by atoms with Crippen LogP contribution in [0.4, 0.5) is 0 Å². The first-order chi connectivity index (χ1) is 27.4. The average Bonchev–Trinajstić information content (AvgIpc) is 3.83. The van der Waals surface area contributed by atoms with Gasteiger partial charge < -0.3 is 4.42 Å². The summed E-state index contributed by atoms with van der Waals surface area (Å²) in [7, 11) is 0. The van der Waals surface area contributed by atoms with Crippen LogP contribution in [0.1, 0.15) is 68.2 Å². The maximum absolute atomic E-state index is 6.30. The molecule has 0 unspecified atom stereocenters. The molecule has 1 spiro atoms. The van der Waals surface area contributed by atoms with Crippen molar-refractivity contribution in [1.29, 1.82) is 0 Å². The maximum Gasteiger partial charge on any atom is 0.164 e. The Balaban J connectivity index is 0.993. The Morgan fingerprint density at radius 2 is 1.11 bits per heavy atom. The largest absolute Gasteiger partial charge is 0.456 e. The van der Waals surface area contributed by atoms with Crippen LogP contribution in [-0.4, -0.2) is 15.0 Å². The Labute approximate surface area is 326 Å². The summed E-state index contributed by atoms with van der Waals surface area (Å²) >= 11 is 0. The molecule has 2 aromatic heterocycles. The second-order valence-electron chi connectivity index (χ2n) is 18.0. The van der Waals surface area contributed by atoms with E-state index in [0.717, 1.165) is 62.3 Å². The minimum Gasteiger partial charge on any atom is -0.456 e. The SMILES string of the molecule is CC1(C)c2cc(-c3nc(-c4ccccc4)nc(-c4ccc5c(c4)oc4ccccc45)n3)ccc2-c2c1ccc1c2C2(c3ccccc3-1)C1CC3CC(C1)CC2C3. The Hall–Kier alpha value is -5.87. The number of rotatable bonds is 3. The van der Waals surface area contributed by atoms with Crippen LogP contribution in [-0.2, 0) is 10.8 Å². The van der Waals surface area contributed by atoms with Gasteiger partial charge in [0.25, 0.3) is 0 Å². The second kappa shape index (κ2) is 10.9. The van der Waals surface area contributed by atoms with E-state index in [4.69, 9.17) is 19.4 Å². The number of hydrogen-bond donors (Lipinski definition) is 0. The van der Waals surface area contributed by atoms with E-state index in [9.17, 15) is 0 Å². The first-order valence-corrected chi connectivity index (χ1v) is 20.6. The van der Waals surface area contributed by atoms with Gasteiger partial charge in [0.2, 0.25) is 0 Å². The zero-order valence-corrected chi connectivity index (χ0v) is 31.7. The highest BCUT2D eigenvalue weighted by Crippen LogP contribution is 2.71. The second-order valence-corrected chi connectivity index (χ2v) is 18.0. The molecule has 4 bridgehead atoms. The number of nitrogens with zero attached hydrogens (tertiary/aromatic N) is 3. The normalized spacial score (nSPS) is 24.5. The molecule has 0 radical (unpaired) electrons. The lowest BCUT2D eigenvalue weighted by atomic mass is 9.42. The first kappa shape index (κ1) is 31.3. The van der Waals surface area contributed by atoms with Crippen LogP contribution < -0.4 is 0 Å². The third kappa shape index (κ3) is 4.02. The molecule has 0 aliphatic heterocycles. The monoisotopic (exact) mass is 723 g/mol. The van der Waals surface area contributed by atoms with E-state index in [1.165, 1.54) is 65.5 Å². The van der Waals surface area contributed by atoms with Gasteiger partial charge in [0.05, 0.1) is 0 Å². The number of benzene rings is 6. The summed E-state index contributed by atoms with van der Waals surface area (Å²) in [6, 6.07) is 46.3. The molecule has 2 heterocycles. The molecule has 0 N–H and O–H groups in total. The molecule has 6 aliphatic rings. The average molecular weight is 724 g/mol. The molecule has 14 rings (SSSR count). The van der Waals surface area contributed by atoms with Crippen molar-refractivity contribution in [2.45, 2.75) is 56.8 Å². The van der Waals surface area contributed by atoms with Crippen molar-refractivity contribution in [1.82, 2.24) is 15.0 Å². The highest BCUT2D eigenvalue weighted by Gasteiger charge is 2.63. The van der Waals surface area contributed by atoms with Gasteiger partial charge in [-0.05, 0) is 125 Å². The first-order valence-electron chi connectivity index (χ1n) is 20.6. The number of aromatic nitrogens is 3. The lowest BCUT2D eigenvalue weighted by molar-refractivity contribution is -0.0397. The molecule has 6 aromatic carbocycles. The molecule has 4 fully saturated rings. The van der Waals surface area contributed by atoms with E-state index in [1.807, 2.05) is 30.3 Å². The fourth-order valence-corrected chi connectivity index (χ4v) is 12.8. The molecule has 6 aliphatic carbocycles. The van der Waals surface area contributed by atoms with Crippen molar-refractivity contribution >= 4 is 21.9 Å². The highest BCUT2D eigenvalue weighted by atomic mass is 16.3. The molecule has 270 valence electrons. The molecule has 0 amide bonds. The minimum absolute atomic E-state index is 0.107. The molecule has 0 atom stereocenters. The summed E-state index contributed by atoms with van der Waals surface area (Å²) in [6.45, 7) is 4.85. The quantitative estimate of drug-likeness (QED) is 0.182. The molecule has 0 saturated heterocycles. The van der Waals surface area contributed by atoms with Gasteiger partial charge in [-0.15, -0.1) is 0 Å². The topological polar surface area (TPSA) is 51.8 Å². The Bertz CT molecular complexity index is 2940. The van der Waals surface area contributed by atoms with E-state index in [-0.39, 0.29) is 10.8 Å². The van der Waals surface area contributed by atoms with E-state index in [1.54, 1.807) is 11.1 Å². The maximum atomic E-state index is 6.30. The Morgan fingerprint density at radius 1 is 0.482 bits per heavy atom. The smallest absolute Gasteiger partial charge is 0.164 e. The van der Waals surface area contributed by atoms with Gasteiger partial charge in [0, 0.05) is 38.3 Å². The fourth-order valence-electron chi connectivity index (χ4n) is 12.8. The van der Waals surface area contributed by atoms with Crippen molar-refractivity contribution in [3.63, 3.8) is 0 Å². The predicted molar refractivity (Wildman–Crippen MR) is 224 cm³/mol. The number of hydrogen-bond acceptors (Lipinski definition) is 4. The van der Waals surface area contributed by atoms with Crippen LogP contribution in [0.3, 0.4) is 0 Å².